The number of likely N-dealkylation sites (tertiary alicyclic amines) is 1. The van der Waals surface area contributed by atoms with Crippen LogP contribution in [0.25, 0.3) is 16.7 Å². The highest BCUT2D eigenvalue weighted by atomic mass is 19.1. The first kappa shape index (κ1) is 17.6. The molecule has 132 valence electrons. The van der Waals surface area contributed by atoms with Crippen molar-refractivity contribution >= 4 is 16.9 Å². The van der Waals surface area contributed by atoms with Crippen LogP contribution in [-0.4, -0.2) is 39.6 Å². The number of nitriles is 1. The van der Waals surface area contributed by atoms with E-state index in [1.54, 1.807) is 18.2 Å². The van der Waals surface area contributed by atoms with Crippen molar-refractivity contribution in [3.63, 3.8) is 0 Å². The van der Waals surface area contributed by atoms with E-state index in [9.17, 15) is 9.18 Å². The first-order valence-electron chi connectivity index (χ1n) is 8.07. The number of carbonyl (C=O) groups is 1. The molecule has 1 unspecified atom stereocenters. The molecule has 3 aromatic rings. The van der Waals surface area contributed by atoms with Crippen LogP contribution in [0.3, 0.4) is 0 Å². The molecule has 2 aromatic heterocycles. The van der Waals surface area contributed by atoms with Crippen LogP contribution < -0.4 is 0 Å². The summed E-state index contributed by atoms with van der Waals surface area (Å²) in [6.45, 7) is 0.605. The van der Waals surface area contributed by atoms with Crippen molar-refractivity contribution < 1.29 is 9.18 Å². The SMILES string of the molecule is C.N#Cc1ccc(-n2ccc3cc(C(=O)N4CCC(F)C4)cnc32)cc1. The minimum atomic E-state index is -0.932. The van der Waals surface area contributed by atoms with E-state index >= 15 is 0 Å². The molecule has 3 heterocycles. The summed E-state index contributed by atoms with van der Waals surface area (Å²) in [6, 6.07) is 13.0. The van der Waals surface area contributed by atoms with E-state index in [4.69, 9.17) is 5.26 Å². The maximum Gasteiger partial charge on any atom is 0.255 e. The Morgan fingerprint density at radius 3 is 2.69 bits per heavy atom. The van der Waals surface area contributed by atoms with E-state index in [0.717, 1.165) is 16.7 Å². The Morgan fingerprint density at radius 1 is 1.27 bits per heavy atom. The van der Waals surface area contributed by atoms with E-state index in [-0.39, 0.29) is 19.9 Å². The van der Waals surface area contributed by atoms with Crippen molar-refractivity contribution in [1.29, 1.82) is 5.26 Å². The number of pyridine rings is 1. The maximum atomic E-state index is 13.3. The molecule has 1 fully saturated rings. The number of benzene rings is 1. The smallest absolute Gasteiger partial charge is 0.255 e. The molecule has 1 aliphatic heterocycles. The van der Waals surface area contributed by atoms with E-state index in [2.05, 4.69) is 11.1 Å². The second-order valence-corrected chi connectivity index (χ2v) is 6.12. The zero-order valence-electron chi connectivity index (χ0n) is 13.4. The van der Waals surface area contributed by atoms with Gasteiger partial charge in [0, 0.05) is 30.0 Å². The Balaban J connectivity index is 0.00000196. The summed E-state index contributed by atoms with van der Waals surface area (Å²) in [5, 5.41) is 9.73. The molecule has 0 N–H and O–H groups in total. The Kier molecular flexibility index (Phi) is 4.72. The zero-order valence-corrected chi connectivity index (χ0v) is 13.4. The second kappa shape index (κ2) is 6.96. The van der Waals surface area contributed by atoms with E-state index in [0.29, 0.717) is 24.1 Å². The van der Waals surface area contributed by atoms with Crippen LogP contribution >= 0.6 is 0 Å². The van der Waals surface area contributed by atoms with Gasteiger partial charge in [0.05, 0.1) is 23.7 Å². The highest BCUT2D eigenvalue weighted by Crippen LogP contribution is 2.22. The number of carbonyl (C=O) groups excluding carboxylic acids is 1. The first-order chi connectivity index (χ1) is 12.2. The largest absolute Gasteiger partial charge is 0.336 e. The predicted molar refractivity (Wildman–Crippen MR) is 97.9 cm³/mol. The molecule has 1 amide bonds. The number of hydrogen-bond acceptors (Lipinski definition) is 3. The van der Waals surface area contributed by atoms with Crippen LogP contribution in [0.1, 0.15) is 29.8 Å². The lowest BCUT2D eigenvalue weighted by Crippen LogP contribution is -2.29. The van der Waals surface area contributed by atoms with Gasteiger partial charge in [0.25, 0.3) is 5.91 Å². The number of rotatable bonds is 2. The molecule has 0 spiro atoms. The average molecular weight is 350 g/mol. The van der Waals surface area contributed by atoms with Crippen LogP contribution in [0.5, 0.6) is 0 Å². The Morgan fingerprint density at radius 2 is 2.04 bits per heavy atom. The lowest BCUT2D eigenvalue weighted by molar-refractivity contribution is 0.0782. The minimum Gasteiger partial charge on any atom is -0.336 e. The number of hydrogen-bond donors (Lipinski definition) is 0. The number of aromatic nitrogens is 2. The highest BCUT2D eigenvalue weighted by Gasteiger charge is 2.27. The van der Waals surface area contributed by atoms with Gasteiger partial charge in [-0.3, -0.25) is 4.79 Å². The molecule has 5 nitrogen and oxygen atoms in total. The summed E-state index contributed by atoms with van der Waals surface area (Å²) < 4.78 is 15.2. The van der Waals surface area contributed by atoms with Crippen molar-refractivity contribution in [2.24, 2.45) is 0 Å². The molecule has 0 saturated carbocycles. The van der Waals surface area contributed by atoms with Crippen molar-refractivity contribution in [2.45, 2.75) is 20.0 Å². The average Bonchev–Trinajstić information content (AvgIpc) is 3.27. The van der Waals surface area contributed by atoms with Gasteiger partial charge in [0.15, 0.2) is 0 Å². The third kappa shape index (κ3) is 3.04. The van der Waals surface area contributed by atoms with Gasteiger partial charge in [0.1, 0.15) is 11.8 Å². The molecule has 0 aliphatic carbocycles. The minimum absolute atomic E-state index is 0. The Labute approximate surface area is 151 Å². The van der Waals surface area contributed by atoms with Gasteiger partial charge >= 0.3 is 0 Å². The number of nitrogens with zero attached hydrogens (tertiary/aromatic N) is 4. The second-order valence-electron chi connectivity index (χ2n) is 6.12. The van der Waals surface area contributed by atoms with Gasteiger partial charge in [-0.25, -0.2) is 9.37 Å². The fourth-order valence-electron chi connectivity index (χ4n) is 3.13. The number of fused-ring (bicyclic) bond motifs is 1. The number of halogens is 1. The maximum absolute atomic E-state index is 13.3. The molecule has 0 bridgehead atoms. The van der Waals surface area contributed by atoms with E-state index < -0.39 is 6.17 Å². The van der Waals surface area contributed by atoms with Crippen molar-refractivity contribution in [2.75, 3.05) is 13.1 Å². The Bertz CT molecular complexity index is 987. The fraction of sp³-hybridized carbons (Fsp3) is 0.250. The quantitative estimate of drug-likeness (QED) is 0.708. The van der Waals surface area contributed by atoms with Crippen molar-refractivity contribution in [1.82, 2.24) is 14.5 Å². The molecule has 6 heteroatoms. The van der Waals surface area contributed by atoms with Crippen LogP contribution in [0.4, 0.5) is 4.39 Å². The van der Waals surface area contributed by atoms with Crippen molar-refractivity contribution in [3.8, 4) is 11.8 Å². The molecule has 0 radical (unpaired) electrons. The third-order valence-electron chi connectivity index (χ3n) is 4.47. The molecule has 1 aromatic carbocycles. The summed E-state index contributed by atoms with van der Waals surface area (Å²) in [5.41, 5.74) is 2.68. The van der Waals surface area contributed by atoms with Gasteiger partial charge < -0.3 is 9.47 Å². The topological polar surface area (TPSA) is 61.9 Å². The van der Waals surface area contributed by atoms with Gasteiger partial charge in [-0.2, -0.15) is 5.26 Å². The van der Waals surface area contributed by atoms with Crippen LogP contribution in [0.2, 0.25) is 0 Å². The third-order valence-corrected chi connectivity index (χ3v) is 4.47. The highest BCUT2D eigenvalue weighted by molar-refractivity contribution is 5.97. The molecular formula is C20H19FN4O. The molecular weight excluding hydrogens is 331 g/mol. The van der Waals surface area contributed by atoms with Gasteiger partial charge in [0.2, 0.25) is 0 Å². The molecule has 1 saturated heterocycles. The van der Waals surface area contributed by atoms with Gasteiger partial charge in [-0.05, 0) is 42.8 Å². The molecule has 1 atom stereocenters. The summed E-state index contributed by atoms with van der Waals surface area (Å²) in [6.07, 6.45) is 2.88. The van der Waals surface area contributed by atoms with Crippen LogP contribution in [0.15, 0.2) is 48.8 Å². The van der Waals surface area contributed by atoms with E-state index in [1.165, 1.54) is 11.1 Å². The summed E-state index contributed by atoms with van der Waals surface area (Å²) >= 11 is 0. The summed E-state index contributed by atoms with van der Waals surface area (Å²) in [4.78, 5) is 18.4. The van der Waals surface area contributed by atoms with Gasteiger partial charge in [-0.15, -0.1) is 0 Å². The summed E-state index contributed by atoms with van der Waals surface area (Å²) in [5.74, 6) is -0.180. The number of amides is 1. The molecule has 1 aliphatic rings. The monoisotopic (exact) mass is 350 g/mol. The first-order valence-corrected chi connectivity index (χ1v) is 8.07. The van der Waals surface area contributed by atoms with Crippen LogP contribution in [0, 0.1) is 11.3 Å². The van der Waals surface area contributed by atoms with Crippen molar-refractivity contribution in [3.05, 3.63) is 59.9 Å². The van der Waals surface area contributed by atoms with Gasteiger partial charge in [-0.1, -0.05) is 7.43 Å². The van der Waals surface area contributed by atoms with Crippen LogP contribution in [-0.2, 0) is 0 Å². The molecule has 26 heavy (non-hydrogen) atoms. The zero-order chi connectivity index (χ0) is 17.4. The molecule has 4 rings (SSSR count). The predicted octanol–water partition coefficient (Wildman–Crippen LogP) is 3.72. The number of alkyl halides is 1. The normalized spacial score (nSPS) is 16.3. The summed E-state index contributed by atoms with van der Waals surface area (Å²) in [7, 11) is 0. The fourth-order valence-corrected chi connectivity index (χ4v) is 3.13. The lowest BCUT2D eigenvalue weighted by atomic mass is 10.2. The Hall–Kier alpha value is -3.20. The standard InChI is InChI=1S/C19H15FN4O.CH4/c20-16-6-7-23(12-16)19(25)15-9-14-5-8-24(18(14)22-11-15)17-3-1-13(10-21)2-4-17;/h1-5,8-9,11,16H,6-7,12H2;1H4. The van der Waals surface area contributed by atoms with E-state index in [1.807, 2.05) is 29.0 Å². The lowest BCUT2D eigenvalue weighted by Gasteiger charge is -2.15.